The quantitative estimate of drug-likeness (QED) is 0.173. The lowest BCUT2D eigenvalue weighted by molar-refractivity contribution is -0.146. The van der Waals surface area contributed by atoms with Crippen molar-refractivity contribution < 1.29 is 33.4 Å². The molecule has 3 atom stereocenters. The molecule has 3 heterocycles. The van der Waals surface area contributed by atoms with Gasteiger partial charge in [-0.05, 0) is 50.5 Å². The van der Waals surface area contributed by atoms with Crippen molar-refractivity contribution in [1.82, 2.24) is 9.88 Å². The maximum absolute atomic E-state index is 14.2. The Kier molecular flexibility index (Phi) is 7.15. The summed E-state index contributed by atoms with van der Waals surface area (Å²) >= 11 is 0. The fourth-order valence-corrected chi connectivity index (χ4v) is 6.66. The van der Waals surface area contributed by atoms with Crippen LogP contribution in [0.2, 0.25) is 0 Å². The molecule has 44 heavy (non-hydrogen) atoms. The van der Waals surface area contributed by atoms with Crippen LogP contribution in [0.4, 0.5) is 15.3 Å². The fourth-order valence-electron chi connectivity index (χ4n) is 6.66. The molecule has 0 unspecified atom stereocenters. The van der Waals surface area contributed by atoms with Gasteiger partial charge in [0.15, 0.2) is 6.29 Å². The molecule has 0 saturated carbocycles. The minimum Gasteiger partial charge on any atom is -0.467 e. The number of likely N-dealkylation sites (tertiary alicyclic amines) is 1. The number of esters is 1. The summed E-state index contributed by atoms with van der Waals surface area (Å²) in [5.74, 6) is -0.674. The normalized spacial score (nSPS) is 20.6. The Labute approximate surface area is 254 Å². The van der Waals surface area contributed by atoms with E-state index in [4.69, 9.17) is 14.2 Å². The van der Waals surface area contributed by atoms with E-state index in [2.05, 4.69) is 4.98 Å². The highest BCUT2D eigenvalue weighted by Crippen LogP contribution is 2.59. The van der Waals surface area contributed by atoms with E-state index in [0.717, 1.165) is 17.2 Å². The lowest BCUT2D eigenvalue weighted by atomic mass is 9.71. The van der Waals surface area contributed by atoms with Gasteiger partial charge in [0.1, 0.15) is 24.4 Å². The summed E-state index contributed by atoms with van der Waals surface area (Å²) in [7, 11) is 1.25. The smallest absolute Gasteiger partial charge is 0.416 e. The third kappa shape index (κ3) is 4.57. The number of benzene rings is 3. The minimum absolute atomic E-state index is 0.0163. The van der Waals surface area contributed by atoms with Gasteiger partial charge in [-0.1, -0.05) is 66.7 Å². The molecule has 10 heteroatoms. The first-order chi connectivity index (χ1) is 21.1. The van der Waals surface area contributed by atoms with E-state index in [0.29, 0.717) is 22.3 Å². The first-order valence-corrected chi connectivity index (χ1v) is 14.4. The van der Waals surface area contributed by atoms with Crippen LogP contribution in [0.5, 0.6) is 0 Å². The van der Waals surface area contributed by atoms with Crippen molar-refractivity contribution in [3.05, 3.63) is 101 Å². The zero-order valence-corrected chi connectivity index (χ0v) is 24.9. The molecule has 2 amide bonds. The first kappa shape index (κ1) is 29.0. The predicted octanol–water partition coefficient (Wildman–Crippen LogP) is 5.93. The number of carbonyl (C=O) groups excluding carboxylic acids is 4. The van der Waals surface area contributed by atoms with Crippen molar-refractivity contribution in [2.75, 3.05) is 12.0 Å². The van der Waals surface area contributed by atoms with Crippen molar-refractivity contribution in [2.45, 2.75) is 57.0 Å². The lowest BCUT2D eigenvalue weighted by Gasteiger charge is -2.38. The molecule has 2 aliphatic heterocycles. The monoisotopic (exact) mass is 595 g/mol. The number of aromatic amines is 1. The van der Waals surface area contributed by atoms with Crippen molar-refractivity contribution in [1.29, 1.82) is 0 Å². The van der Waals surface area contributed by atoms with Crippen LogP contribution in [0.25, 0.3) is 10.9 Å². The second-order valence-corrected chi connectivity index (χ2v) is 12.0. The molecule has 6 rings (SSSR count). The molecule has 0 aliphatic carbocycles. The second-order valence-electron chi connectivity index (χ2n) is 12.0. The Morgan fingerprint density at radius 2 is 1.64 bits per heavy atom. The number of carbonyl (C=O) groups is 4. The van der Waals surface area contributed by atoms with Crippen LogP contribution >= 0.6 is 0 Å². The van der Waals surface area contributed by atoms with Crippen molar-refractivity contribution >= 4 is 41.0 Å². The molecule has 1 fully saturated rings. The molecular weight excluding hydrogens is 562 g/mol. The predicted molar refractivity (Wildman–Crippen MR) is 162 cm³/mol. The molecule has 1 saturated heterocycles. The number of para-hydroxylation sites is 2. The van der Waals surface area contributed by atoms with Gasteiger partial charge in [-0.15, -0.1) is 0 Å². The van der Waals surface area contributed by atoms with Gasteiger partial charge in [-0.3, -0.25) is 14.6 Å². The SMILES string of the molecule is COC(=O)[C@H]1C[C@]2(c3c(C=O)[nH]c4ccccc34)c3ccccc3N(C(=O)OCc3ccccc3)[C@@H]2N1C(=O)OC(C)(C)C. The van der Waals surface area contributed by atoms with E-state index < -0.39 is 41.4 Å². The number of aromatic nitrogens is 1. The number of rotatable bonds is 5. The molecule has 3 aromatic carbocycles. The van der Waals surface area contributed by atoms with Crippen molar-refractivity contribution in [2.24, 2.45) is 0 Å². The van der Waals surface area contributed by atoms with Crippen LogP contribution in [0, 0.1) is 0 Å². The first-order valence-electron chi connectivity index (χ1n) is 14.4. The highest BCUT2D eigenvalue weighted by Gasteiger charge is 2.67. The van der Waals surface area contributed by atoms with Crippen LogP contribution < -0.4 is 4.90 Å². The van der Waals surface area contributed by atoms with Gasteiger partial charge in [0.25, 0.3) is 0 Å². The molecule has 0 spiro atoms. The molecule has 2 aliphatic rings. The number of nitrogens with one attached hydrogen (secondary N) is 1. The summed E-state index contributed by atoms with van der Waals surface area (Å²) in [5.41, 5.74) is 1.33. The molecule has 1 aromatic heterocycles. The Morgan fingerprint density at radius 3 is 2.34 bits per heavy atom. The largest absolute Gasteiger partial charge is 0.467 e. The number of amides is 2. The Morgan fingerprint density at radius 1 is 0.955 bits per heavy atom. The van der Waals surface area contributed by atoms with Crippen molar-refractivity contribution in [3.8, 4) is 0 Å². The maximum atomic E-state index is 14.2. The van der Waals surface area contributed by atoms with E-state index in [-0.39, 0.29) is 18.7 Å². The average Bonchev–Trinajstić information content (AvgIpc) is 3.65. The van der Waals surface area contributed by atoms with Crippen molar-refractivity contribution in [3.63, 3.8) is 0 Å². The molecule has 226 valence electrons. The molecule has 1 N–H and O–H groups in total. The van der Waals surface area contributed by atoms with E-state index >= 15 is 0 Å². The number of hydrogen-bond donors (Lipinski definition) is 1. The van der Waals surface area contributed by atoms with Gasteiger partial charge >= 0.3 is 18.2 Å². The van der Waals surface area contributed by atoms with Gasteiger partial charge < -0.3 is 19.2 Å². The molecule has 4 aromatic rings. The van der Waals surface area contributed by atoms with E-state index in [1.54, 1.807) is 32.9 Å². The van der Waals surface area contributed by atoms with Crippen LogP contribution in [0.1, 0.15) is 54.4 Å². The number of methoxy groups -OCH3 is 1. The van der Waals surface area contributed by atoms with Gasteiger partial charge in [-0.2, -0.15) is 0 Å². The summed E-state index contributed by atoms with van der Waals surface area (Å²) < 4.78 is 16.9. The lowest BCUT2D eigenvalue weighted by Crippen LogP contribution is -2.57. The second kappa shape index (κ2) is 10.9. The van der Waals surface area contributed by atoms with E-state index in [9.17, 15) is 19.2 Å². The molecule has 10 nitrogen and oxygen atoms in total. The van der Waals surface area contributed by atoms with Crippen LogP contribution in [0.3, 0.4) is 0 Å². The number of aldehydes is 1. The van der Waals surface area contributed by atoms with Gasteiger partial charge in [-0.25, -0.2) is 14.4 Å². The number of anilines is 1. The number of fused-ring (bicyclic) bond motifs is 4. The van der Waals surface area contributed by atoms with Gasteiger partial charge in [0.2, 0.25) is 0 Å². The Balaban J connectivity index is 1.61. The topological polar surface area (TPSA) is 118 Å². The Bertz CT molecular complexity index is 1760. The van der Waals surface area contributed by atoms with Gasteiger partial charge in [0, 0.05) is 16.5 Å². The zero-order valence-electron chi connectivity index (χ0n) is 24.9. The molecule has 0 radical (unpaired) electrons. The standard InChI is InChI=1S/C34H33N3O7/c1-33(2,3)44-32(41)37-27(29(39)42-4)18-34(28-22-14-8-10-16-24(22)35-25(28)19-38)23-15-9-11-17-26(23)36(30(34)37)31(40)43-20-21-12-6-5-7-13-21/h5-17,19,27,30,35H,18,20H2,1-4H3/t27-,30-,34-/m1/s1. The number of nitrogens with zero attached hydrogens (tertiary/aromatic N) is 2. The number of hydrogen-bond acceptors (Lipinski definition) is 7. The van der Waals surface area contributed by atoms with E-state index in [1.807, 2.05) is 66.7 Å². The Hall–Kier alpha value is -5.12. The summed E-state index contributed by atoms with van der Waals surface area (Å²) in [6, 6.07) is 22.8. The van der Waals surface area contributed by atoms with Crippen LogP contribution in [-0.2, 0) is 31.0 Å². The minimum atomic E-state index is -1.24. The third-order valence-corrected chi connectivity index (χ3v) is 8.22. The highest BCUT2D eigenvalue weighted by molar-refractivity contribution is 6.01. The average molecular weight is 596 g/mol. The maximum Gasteiger partial charge on any atom is 0.416 e. The van der Waals surface area contributed by atoms with Gasteiger partial charge in [0.05, 0.1) is 23.9 Å². The van der Waals surface area contributed by atoms with Crippen LogP contribution in [-0.4, -0.2) is 59.2 Å². The highest BCUT2D eigenvalue weighted by atomic mass is 16.6. The molecule has 0 bridgehead atoms. The summed E-state index contributed by atoms with van der Waals surface area (Å²) in [6.45, 7) is 5.15. The molecular formula is C34H33N3O7. The third-order valence-electron chi connectivity index (χ3n) is 8.22. The summed E-state index contributed by atoms with van der Waals surface area (Å²) in [6.07, 6.45) is -1.92. The van der Waals surface area contributed by atoms with E-state index in [1.165, 1.54) is 16.9 Å². The summed E-state index contributed by atoms with van der Waals surface area (Å²) in [4.78, 5) is 60.3. The van der Waals surface area contributed by atoms with Crippen LogP contribution in [0.15, 0.2) is 78.9 Å². The number of ether oxygens (including phenoxy) is 3. The summed E-state index contributed by atoms with van der Waals surface area (Å²) in [5, 5.41) is 0.726. The fraction of sp³-hybridized carbons (Fsp3) is 0.294. The zero-order chi connectivity index (χ0) is 31.2. The number of H-pyrrole nitrogens is 1.